The number of aliphatic imine (C=N–C) groups is 1. The van der Waals surface area contributed by atoms with Crippen molar-refractivity contribution in [2.24, 2.45) is 4.99 Å². The monoisotopic (exact) mass is 267 g/mol. The second-order valence-corrected chi connectivity index (χ2v) is 5.56. The number of hydrogen-bond donors (Lipinski definition) is 0. The summed E-state index contributed by atoms with van der Waals surface area (Å²) in [5.74, 6) is 0. The average molecular weight is 267 g/mol. The molecule has 1 heteroatoms. The van der Waals surface area contributed by atoms with Gasteiger partial charge in [0.05, 0.1) is 0 Å². The molecule has 1 aliphatic carbocycles. The first kappa shape index (κ1) is 14.8. The number of hydrogen-bond acceptors (Lipinski definition) is 1. The van der Waals surface area contributed by atoms with E-state index >= 15 is 0 Å². The van der Waals surface area contributed by atoms with E-state index in [9.17, 15) is 0 Å². The lowest BCUT2D eigenvalue weighted by molar-refractivity contribution is 0.808. The zero-order valence-corrected chi connectivity index (χ0v) is 13.2. The number of nitrogens with zero attached hydrogens (tertiary/aromatic N) is 1. The highest BCUT2D eigenvalue weighted by Gasteiger charge is 2.16. The van der Waals surface area contributed by atoms with Crippen molar-refractivity contribution in [1.82, 2.24) is 0 Å². The lowest BCUT2D eigenvalue weighted by Crippen LogP contribution is -2.02. The van der Waals surface area contributed by atoms with Gasteiger partial charge in [-0.1, -0.05) is 49.3 Å². The molecule has 1 aliphatic rings. The average Bonchev–Trinajstić information content (AvgIpc) is 2.79. The van der Waals surface area contributed by atoms with Crippen molar-refractivity contribution in [3.8, 4) is 0 Å². The van der Waals surface area contributed by atoms with Gasteiger partial charge in [0.25, 0.3) is 0 Å². The molecule has 0 saturated carbocycles. The Kier molecular flexibility index (Phi) is 4.94. The molecule has 1 aromatic rings. The van der Waals surface area contributed by atoms with Gasteiger partial charge in [-0.15, -0.1) is 0 Å². The van der Waals surface area contributed by atoms with Crippen LogP contribution in [0.3, 0.4) is 0 Å². The Balaban J connectivity index is 2.35. The van der Waals surface area contributed by atoms with E-state index in [4.69, 9.17) is 4.99 Å². The second kappa shape index (κ2) is 6.69. The molecule has 106 valence electrons. The molecule has 0 N–H and O–H groups in total. The van der Waals surface area contributed by atoms with Crippen molar-refractivity contribution in [1.29, 1.82) is 0 Å². The quantitative estimate of drug-likeness (QED) is 0.499. The molecule has 0 spiro atoms. The molecular weight excluding hydrogens is 242 g/mol. The number of allylic oxidation sites excluding steroid dienone is 4. The first-order valence-corrected chi connectivity index (χ1v) is 7.62. The Hall–Kier alpha value is -1.63. The highest BCUT2D eigenvalue weighted by molar-refractivity contribution is 6.03. The van der Waals surface area contributed by atoms with Gasteiger partial charge in [0, 0.05) is 17.8 Å². The van der Waals surface area contributed by atoms with Crippen LogP contribution in [0.15, 0.2) is 46.5 Å². The minimum Gasteiger partial charge on any atom is -0.289 e. The maximum atomic E-state index is 4.74. The second-order valence-electron chi connectivity index (χ2n) is 5.56. The summed E-state index contributed by atoms with van der Waals surface area (Å²) in [6.07, 6.45) is 5.75. The van der Waals surface area contributed by atoms with Gasteiger partial charge >= 0.3 is 0 Å². The van der Waals surface area contributed by atoms with E-state index in [-0.39, 0.29) is 0 Å². The minimum atomic E-state index is 0.936. The van der Waals surface area contributed by atoms with E-state index in [0.29, 0.717) is 0 Å². The molecule has 2 rings (SSSR count). The number of rotatable bonds is 5. The van der Waals surface area contributed by atoms with Gasteiger partial charge in [0.2, 0.25) is 0 Å². The zero-order chi connectivity index (χ0) is 14.5. The largest absolute Gasteiger partial charge is 0.289 e. The van der Waals surface area contributed by atoms with Gasteiger partial charge in [-0.05, 0) is 50.3 Å². The first-order chi connectivity index (χ1) is 9.65. The van der Waals surface area contributed by atoms with Crippen molar-refractivity contribution in [2.75, 3.05) is 6.54 Å². The van der Waals surface area contributed by atoms with Gasteiger partial charge in [0.1, 0.15) is 0 Å². The zero-order valence-electron chi connectivity index (χ0n) is 13.2. The highest BCUT2D eigenvalue weighted by Crippen LogP contribution is 2.34. The normalized spacial score (nSPS) is 15.8. The van der Waals surface area contributed by atoms with Crippen LogP contribution < -0.4 is 0 Å². The molecule has 20 heavy (non-hydrogen) atoms. The van der Waals surface area contributed by atoms with Crippen molar-refractivity contribution >= 4 is 11.3 Å². The Morgan fingerprint density at radius 1 is 1.20 bits per heavy atom. The van der Waals surface area contributed by atoms with Crippen LogP contribution in [0, 0.1) is 0 Å². The lowest BCUT2D eigenvalue weighted by Gasteiger charge is -2.12. The fourth-order valence-corrected chi connectivity index (χ4v) is 2.66. The third-order valence-corrected chi connectivity index (χ3v) is 4.16. The fourth-order valence-electron chi connectivity index (χ4n) is 2.66. The summed E-state index contributed by atoms with van der Waals surface area (Å²) >= 11 is 0. The van der Waals surface area contributed by atoms with Crippen LogP contribution in [0.1, 0.15) is 58.1 Å². The SMILES string of the molecule is CCCC/N=C(\C)c1ccccc1C1=C(C)C(C)=CC1. The van der Waals surface area contributed by atoms with Crippen LogP contribution in [-0.2, 0) is 0 Å². The summed E-state index contributed by atoms with van der Waals surface area (Å²) in [6.45, 7) is 9.72. The van der Waals surface area contributed by atoms with Crippen LogP contribution in [0.2, 0.25) is 0 Å². The topological polar surface area (TPSA) is 12.4 Å². The maximum absolute atomic E-state index is 4.74. The summed E-state index contributed by atoms with van der Waals surface area (Å²) in [6, 6.07) is 8.68. The summed E-state index contributed by atoms with van der Waals surface area (Å²) in [5.41, 5.74) is 8.12. The van der Waals surface area contributed by atoms with Gasteiger partial charge in [-0.25, -0.2) is 0 Å². The van der Waals surface area contributed by atoms with E-state index in [2.05, 4.69) is 58.0 Å². The lowest BCUT2D eigenvalue weighted by atomic mass is 9.94. The molecule has 1 nitrogen and oxygen atoms in total. The van der Waals surface area contributed by atoms with Gasteiger partial charge < -0.3 is 0 Å². The summed E-state index contributed by atoms with van der Waals surface area (Å²) < 4.78 is 0. The standard InChI is InChI=1S/C19H25N/c1-5-6-13-20-16(4)18-9-7-8-10-19(18)17-12-11-14(2)15(17)3/h7-11H,5-6,12-13H2,1-4H3/b20-16+. The molecule has 0 aliphatic heterocycles. The Morgan fingerprint density at radius 3 is 2.60 bits per heavy atom. The first-order valence-electron chi connectivity index (χ1n) is 7.62. The Morgan fingerprint density at radius 2 is 1.95 bits per heavy atom. The van der Waals surface area contributed by atoms with Crippen molar-refractivity contribution < 1.29 is 0 Å². The van der Waals surface area contributed by atoms with Crippen molar-refractivity contribution in [3.05, 3.63) is 52.6 Å². The molecule has 0 radical (unpaired) electrons. The van der Waals surface area contributed by atoms with E-state index in [1.54, 1.807) is 0 Å². The van der Waals surface area contributed by atoms with Crippen molar-refractivity contribution in [3.63, 3.8) is 0 Å². The summed E-state index contributed by atoms with van der Waals surface area (Å²) in [7, 11) is 0. The predicted molar refractivity (Wildman–Crippen MR) is 89.4 cm³/mol. The molecule has 0 unspecified atom stereocenters. The summed E-state index contributed by atoms with van der Waals surface area (Å²) in [5, 5.41) is 0. The van der Waals surface area contributed by atoms with Crippen LogP contribution in [0.25, 0.3) is 5.57 Å². The fraction of sp³-hybridized carbons (Fsp3) is 0.421. The van der Waals surface area contributed by atoms with Crippen LogP contribution in [0.5, 0.6) is 0 Å². The molecule has 1 aromatic carbocycles. The van der Waals surface area contributed by atoms with E-state index in [0.717, 1.165) is 13.0 Å². The predicted octanol–water partition coefficient (Wildman–Crippen LogP) is 5.42. The van der Waals surface area contributed by atoms with Crippen LogP contribution in [0.4, 0.5) is 0 Å². The molecule has 0 aromatic heterocycles. The highest BCUT2D eigenvalue weighted by atomic mass is 14.7. The molecule has 0 fully saturated rings. The maximum Gasteiger partial charge on any atom is 0.0395 e. The van der Waals surface area contributed by atoms with E-state index < -0.39 is 0 Å². The smallest absolute Gasteiger partial charge is 0.0395 e. The van der Waals surface area contributed by atoms with Crippen LogP contribution in [-0.4, -0.2) is 12.3 Å². The van der Waals surface area contributed by atoms with Crippen molar-refractivity contribution in [2.45, 2.75) is 47.0 Å². The van der Waals surface area contributed by atoms with E-state index in [1.165, 1.54) is 46.4 Å². The van der Waals surface area contributed by atoms with Gasteiger partial charge in [-0.3, -0.25) is 4.99 Å². The minimum absolute atomic E-state index is 0.936. The molecule has 0 saturated heterocycles. The van der Waals surface area contributed by atoms with Gasteiger partial charge in [-0.2, -0.15) is 0 Å². The summed E-state index contributed by atoms with van der Waals surface area (Å²) in [4.78, 5) is 4.74. The van der Waals surface area contributed by atoms with Crippen LogP contribution >= 0.6 is 0 Å². The molecular formula is C19H25N. The molecule has 0 heterocycles. The molecule has 0 atom stereocenters. The molecule has 0 bridgehead atoms. The third kappa shape index (κ3) is 3.09. The van der Waals surface area contributed by atoms with E-state index in [1.807, 2.05) is 0 Å². The Labute approximate surface area is 123 Å². The number of unbranched alkanes of at least 4 members (excludes halogenated alkanes) is 1. The Bertz CT molecular complexity index is 573. The molecule has 0 amide bonds. The third-order valence-electron chi connectivity index (χ3n) is 4.16. The number of benzene rings is 1. The van der Waals surface area contributed by atoms with Gasteiger partial charge in [0.15, 0.2) is 0 Å².